The minimum atomic E-state index is -0.266. The number of anilines is 1. The van der Waals surface area contributed by atoms with Crippen LogP contribution in [0.3, 0.4) is 0 Å². The van der Waals surface area contributed by atoms with Crippen molar-refractivity contribution in [3.05, 3.63) is 46.5 Å². The van der Waals surface area contributed by atoms with Gasteiger partial charge in [0.25, 0.3) is 0 Å². The average molecular weight is 331 g/mol. The first kappa shape index (κ1) is 17.1. The van der Waals surface area contributed by atoms with Crippen molar-refractivity contribution in [2.75, 3.05) is 12.0 Å². The fourth-order valence-corrected chi connectivity index (χ4v) is 2.59. The summed E-state index contributed by atoms with van der Waals surface area (Å²) in [5, 5.41) is 6.65. The summed E-state index contributed by atoms with van der Waals surface area (Å²) < 4.78 is 4.90. The molecule has 0 aliphatic rings. The number of thiazole rings is 1. The molecular formula is C17H21N3O2S. The number of benzene rings is 1. The van der Waals surface area contributed by atoms with Crippen LogP contribution in [-0.2, 0) is 16.0 Å². The summed E-state index contributed by atoms with van der Waals surface area (Å²) in [6.07, 6.45) is 1.93. The van der Waals surface area contributed by atoms with E-state index in [1.807, 2.05) is 17.5 Å². The van der Waals surface area contributed by atoms with Gasteiger partial charge in [0.1, 0.15) is 0 Å². The third kappa shape index (κ3) is 5.49. The molecule has 1 N–H and O–H groups in total. The summed E-state index contributed by atoms with van der Waals surface area (Å²) in [6.45, 7) is 6.50. The summed E-state index contributed by atoms with van der Waals surface area (Å²) in [6, 6.07) is 8.28. The molecule has 122 valence electrons. The Labute approximate surface area is 140 Å². The number of nitrogens with zero attached hydrogens (tertiary/aromatic N) is 2. The number of esters is 1. The van der Waals surface area contributed by atoms with Gasteiger partial charge in [-0.15, -0.1) is 11.3 Å². The average Bonchev–Trinajstić information content (AvgIpc) is 2.95. The maximum Gasteiger partial charge on any atom is 0.311 e. The van der Waals surface area contributed by atoms with Crippen LogP contribution >= 0.6 is 11.3 Å². The van der Waals surface area contributed by atoms with E-state index in [1.165, 1.54) is 16.9 Å². The van der Waals surface area contributed by atoms with Crippen molar-refractivity contribution in [3.63, 3.8) is 0 Å². The lowest BCUT2D eigenvalue weighted by Gasteiger charge is -2.04. The van der Waals surface area contributed by atoms with Crippen LogP contribution in [0.25, 0.3) is 0 Å². The van der Waals surface area contributed by atoms with Crippen molar-refractivity contribution in [1.29, 1.82) is 0 Å². The highest BCUT2D eigenvalue weighted by atomic mass is 32.1. The Morgan fingerprint density at radius 3 is 2.78 bits per heavy atom. The van der Waals surface area contributed by atoms with Crippen molar-refractivity contribution < 1.29 is 9.53 Å². The van der Waals surface area contributed by atoms with Crippen LogP contribution in [0, 0.1) is 0 Å². The number of carbonyl (C=O) groups excluding carboxylic acids is 1. The Morgan fingerprint density at radius 1 is 1.39 bits per heavy atom. The second-order valence-electron chi connectivity index (χ2n) is 5.32. The lowest BCUT2D eigenvalue weighted by atomic mass is 10.0. The molecule has 1 heterocycles. The molecule has 5 nitrogen and oxygen atoms in total. The molecule has 2 aromatic rings. The van der Waals surface area contributed by atoms with Gasteiger partial charge in [-0.3, -0.25) is 10.2 Å². The number of hydrogen-bond donors (Lipinski definition) is 1. The number of rotatable bonds is 7. The van der Waals surface area contributed by atoms with Gasteiger partial charge in [0.15, 0.2) is 0 Å². The zero-order valence-corrected chi connectivity index (χ0v) is 14.4. The summed E-state index contributed by atoms with van der Waals surface area (Å²) in [5.41, 5.74) is 5.89. The van der Waals surface area contributed by atoms with Crippen LogP contribution in [-0.4, -0.2) is 23.8 Å². The van der Waals surface area contributed by atoms with Gasteiger partial charge in [-0.25, -0.2) is 4.98 Å². The van der Waals surface area contributed by atoms with Crippen molar-refractivity contribution in [2.24, 2.45) is 5.10 Å². The van der Waals surface area contributed by atoms with Gasteiger partial charge in [0.05, 0.1) is 24.9 Å². The summed E-state index contributed by atoms with van der Waals surface area (Å²) >= 11 is 1.41. The summed E-state index contributed by atoms with van der Waals surface area (Å²) in [4.78, 5) is 15.7. The lowest BCUT2D eigenvalue weighted by Crippen LogP contribution is -2.07. The first-order valence-electron chi connectivity index (χ1n) is 7.57. The van der Waals surface area contributed by atoms with Crippen LogP contribution in [0.2, 0.25) is 0 Å². The fraction of sp³-hybridized carbons (Fsp3) is 0.353. The minimum absolute atomic E-state index is 0.187. The maximum atomic E-state index is 11.4. The van der Waals surface area contributed by atoms with Crippen molar-refractivity contribution in [3.8, 4) is 0 Å². The van der Waals surface area contributed by atoms with E-state index in [0.29, 0.717) is 23.4 Å². The van der Waals surface area contributed by atoms with Crippen molar-refractivity contribution in [2.45, 2.75) is 33.1 Å². The highest BCUT2D eigenvalue weighted by molar-refractivity contribution is 7.13. The van der Waals surface area contributed by atoms with E-state index in [-0.39, 0.29) is 12.4 Å². The summed E-state index contributed by atoms with van der Waals surface area (Å²) in [5.74, 6) is 0.255. The molecule has 0 atom stereocenters. The van der Waals surface area contributed by atoms with E-state index < -0.39 is 0 Å². The molecule has 0 fully saturated rings. The Morgan fingerprint density at radius 2 is 2.13 bits per heavy atom. The van der Waals surface area contributed by atoms with E-state index in [4.69, 9.17) is 4.74 Å². The molecule has 0 aliphatic heterocycles. The van der Waals surface area contributed by atoms with Gasteiger partial charge >= 0.3 is 5.97 Å². The standard InChI is InChI=1S/C17H21N3O2S/c1-4-22-16(21)9-15-11-23-17(19-15)20-18-10-13-5-7-14(8-6-13)12(2)3/h5-8,10-12H,4,9H2,1-3H3,(H,19,20)/b18-10+. The van der Waals surface area contributed by atoms with Gasteiger partial charge < -0.3 is 4.74 Å². The number of nitrogens with one attached hydrogen (secondary N) is 1. The minimum Gasteiger partial charge on any atom is -0.466 e. The van der Waals surface area contributed by atoms with Crippen LogP contribution in [0.4, 0.5) is 5.13 Å². The number of aromatic nitrogens is 1. The molecule has 1 aromatic carbocycles. The molecule has 0 aliphatic carbocycles. The zero-order valence-electron chi connectivity index (χ0n) is 13.6. The van der Waals surface area contributed by atoms with Gasteiger partial charge in [-0.2, -0.15) is 5.10 Å². The predicted molar refractivity (Wildman–Crippen MR) is 94.2 cm³/mol. The molecular weight excluding hydrogens is 310 g/mol. The zero-order chi connectivity index (χ0) is 16.7. The van der Waals surface area contributed by atoms with Crippen molar-refractivity contribution >= 4 is 28.7 Å². The topological polar surface area (TPSA) is 63.6 Å². The number of hydrazone groups is 1. The van der Waals surface area contributed by atoms with Crippen LogP contribution in [0.1, 0.15) is 43.5 Å². The Hall–Kier alpha value is -2.21. The summed E-state index contributed by atoms with van der Waals surface area (Å²) in [7, 11) is 0. The maximum absolute atomic E-state index is 11.4. The molecule has 23 heavy (non-hydrogen) atoms. The van der Waals surface area contributed by atoms with Gasteiger partial charge in [-0.05, 0) is 24.0 Å². The molecule has 0 bridgehead atoms. The van der Waals surface area contributed by atoms with Crippen molar-refractivity contribution in [1.82, 2.24) is 4.98 Å². The monoisotopic (exact) mass is 331 g/mol. The smallest absolute Gasteiger partial charge is 0.311 e. The first-order valence-corrected chi connectivity index (χ1v) is 8.45. The van der Waals surface area contributed by atoms with Gasteiger partial charge in [0, 0.05) is 5.38 Å². The highest BCUT2D eigenvalue weighted by Crippen LogP contribution is 2.16. The highest BCUT2D eigenvalue weighted by Gasteiger charge is 2.07. The number of ether oxygens (including phenoxy) is 1. The molecule has 0 unspecified atom stereocenters. The van der Waals surface area contributed by atoms with Crippen LogP contribution in [0.5, 0.6) is 0 Å². The fourth-order valence-electron chi connectivity index (χ4n) is 1.93. The molecule has 0 spiro atoms. The third-order valence-corrected chi connectivity index (χ3v) is 3.96. The van der Waals surface area contributed by atoms with Gasteiger partial charge in [0.2, 0.25) is 5.13 Å². The second-order valence-corrected chi connectivity index (χ2v) is 6.18. The molecule has 0 radical (unpaired) electrons. The number of carbonyl (C=O) groups is 1. The Balaban J connectivity index is 1.88. The second kappa shape index (κ2) is 8.43. The largest absolute Gasteiger partial charge is 0.466 e. The lowest BCUT2D eigenvalue weighted by molar-refractivity contribution is -0.142. The molecule has 0 amide bonds. The van der Waals surface area contributed by atoms with Crippen LogP contribution < -0.4 is 5.43 Å². The van der Waals surface area contributed by atoms with E-state index in [2.05, 4.69) is 41.5 Å². The predicted octanol–water partition coefficient (Wildman–Crippen LogP) is 3.82. The van der Waals surface area contributed by atoms with E-state index in [1.54, 1.807) is 13.1 Å². The quantitative estimate of drug-likeness (QED) is 0.476. The van der Waals surface area contributed by atoms with E-state index in [0.717, 1.165) is 5.56 Å². The number of hydrogen-bond acceptors (Lipinski definition) is 6. The van der Waals surface area contributed by atoms with E-state index in [9.17, 15) is 4.79 Å². The normalized spacial score (nSPS) is 11.1. The van der Waals surface area contributed by atoms with Crippen LogP contribution in [0.15, 0.2) is 34.7 Å². The SMILES string of the molecule is CCOC(=O)Cc1csc(N/N=C/c2ccc(C(C)C)cc2)n1. The molecule has 1 aromatic heterocycles. The molecule has 6 heteroatoms. The first-order chi connectivity index (χ1) is 11.1. The Bertz CT molecular complexity index is 663. The molecule has 2 rings (SSSR count). The molecule has 0 saturated heterocycles. The molecule has 0 saturated carbocycles. The Kier molecular flexibility index (Phi) is 6.29. The van der Waals surface area contributed by atoms with Gasteiger partial charge in [-0.1, -0.05) is 38.1 Å². The van der Waals surface area contributed by atoms with E-state index >= 15 is 0 Å². The third-order valence-electron chi connectivity index (χ3n) is 3.16.